The van der Waals surface area contributed by atoms with E-state index in [-0.39, 0.29) is 11.9 Å². The van der Waals surface area contributed by atoms with E-state index in [4.69, 9.17) is 0 Å². The van der Waals surface area contributed by atoms with E-state index in [0.717, 1.165) is 44.9 Å². The zero-order valence-electron chi connectivity index (χ0n) is 16.6. The Bertz CT molecular complexity index is 597. The fraction of sp³-hybridized carbons (Fsp3) is 0.600. The first-order chi connectivity index (χ1) is 12.5. The number of guanidine groups is 1. The molecule has 1 aliphatic heterocycles. The van der Waals surface area contributed by atoms with Crippen molar-refractivity contribution in [2.75, 3.05) is 45.7 Å². The van der Waals surface area contributed by atoms with Crippen molar-refractivity contribution in [3.8, 4) is 0 Å². The van der Waals surface area contributed by atoms with Gasteiger partial charge in [0.05, 0.1) is 0 Å². The van der Waals surface area contributed by atoms with E-state index in [2.05, 4.69) is 58.9 Å². The average molecular weight is 360 g/mol. The summed E-state index contributed by atoms with van der Waals surface area (Å²) in [5.41, 5.74) is 2.58. The van der Waals surface area contributed by atoms with E-state index >= 15 is 0 Å². The second-order valence-corrected chi connectivity index (χ2v) is 6.99. The van der Waals surface area contributed by atoms with Gasteiger partial charge >= 0.3 is 0 Å². The van der Waals surface area contributed by atoms with Gasteiger partial charge in [-0.3, -0.25) is 9.79 Å². The maximum atomic E-state index is 11.8. The van der Waals surface area contributed by atoms with E-state index in [1.165, 1.54) is 11.3 Å². The van der Waals surface area contributed by atoms with Gasteiger partial charge in [0.25, 0.3) is 0 Å². The molecule has 1 aromatic rings. The molecule has 0 aliphatic carbocycles. The number of carbonyl (C=O) groups excluding carboxylic acids is 1. The monoisotopic (exact) mass is 359 g/mol. The molecule has 1 heterocycles. The highest BCUT2D eigenvalue weighted by Gasteiger charge is 2.25. The molecule has 1 aliphatic rings. The second-order valence-electron chi connectivity index (χ2n) is 6.99. The Kier molecular flexibility index (Phi) is 7.75. The number of benzene rings is 1. The summed E-state index contributed by atoms with van der Waals surface area (Å²) in [5.74, 6) is 1.06. The van der Waals surface area contributed by atoms with Crippen LogP contribution in [0.2, 0.25) is 0 Å². The van der Waals surface area contributed by atoms with Crippen molar-refractivity contribution in [2.45, 2.75) is 38.6 Å². The minimum atomic E-state index is 0.234. The zero-order valence-corrected chi connectivity index (χ0v) is 16.6. The van der Waals surface area contributed by atoms with Crippen molar-refractivity contribution in [3.05, 3.63) is 29.8 Å². The number of rotatable bonds is 7. The first-order valence-corrected chi connectivity index (χ1v) is 9.54. The Balaban J connectivity index is 1.68. The van der Waals surface area contributed by atoms with Gasteiger partial charge in [-0.1, -0.05) is 19.1 Å². The number of aryl methyl sites for hydroxylation is 1. The number of amides is 1. The highest BCUT2D eigenvalue weighted by molar-refractivity contribution is 5.80. The number of hydrogen-bond acceptors (Lipinski definition) is 3. The van der Waals surface area contributed by atoms with Gasteiger partial charge in [0.1, 0.15) is 0 Å². The predicted octanol–water partition coefficient (Wildman–Crippen LogP) is 1.86. The minimum Gasteiger partial charge on any atom is -0.378 e. The summed E-state index contributed by atoms with van der Waals surface area (Å²) in [4.78, 5) is 20.1. The first-order valence-electron chi connectivity index (χ1n) is 9.54. The molecule has 1 atom stereocenters. The lowest BCUT2D eigenvalue weighted by molar-refractivity contribution is -0.129. The molecule has 1 saturated heterocycles. The van der Waals surface area contributed by atoms with E-state index in [1.54, 1.807) is 7.05 Å². The minimum absolute atomic E-state index is 0.234. The summed E-state index contributed by atoms with van der Waals surface area (Å²) >= 11 is 0. The standard InChI is InChI=1S/C20H33N5O/c1-5-19(26)25-14-12-17(15-25)23-20(21-2)22-13-6-7-16-8-10-18(11-9-16)24(3)4/h8-11,17H,5-7,12-15H2,1-4H3,(H2,21,22,23). The van der Waals surface area contributed by atoms with Gasteiger partial charge in [-0.25, -0.2) is 0 Å². The number of likely N-dealkylation sites (tertiary alicyclic amines) is 1. The highest BCUT2D eigenvalue weighted by atomic mass is 16.2. The SMILES string of the molecule is CCC(=O)N1CCC(NC(=NC)NCCCc2ccc(N(C)C)cc2)C1. The normalized spacial score (nSPS) is 17.3. The number of carbonyl (C=O) groups is 1. The molecule has 26 heavy (non-hydrogen) atoms. The van der Waals surface area contributed by atoms with E-state index in [1.807, 2.05) is 11.8 Å². The molecule has 0 saturated carbocycles. The lowest BCUT2D eigenvalue weighted by Gasteiger charge is -2.18. The molecule has 0 bridgehead atoms. The smallest absolute Gasteiger partial charge is 0.222 e. The van der Waals surface area contributed by atoms with Crippen molar-refractivity contribution >= 4 is 17.6 Å². The third-order valence-corrected chi connectivity index (χ3v) is 4.80. The Morgan fingerprint density at radius 1 is 1.31 bits per heavy atom. The third kappa shape index (κ3) is 5.93. The molecule has 1 amide bonds. The zero-order chi connectivity index (χ0) is 18.9. The summed E-state index contributed by atoms with van der Waals surface area (Å²) in [6.45, 7) is 4.40. The largest absolute Gasteiger partial charge is 0.378 e. The van der Waals surface area contributed by atoms with Crippen LogP contribution < -0.4 is 15.5 Å². The molecular formula is C20H33N5O. The van der Waals surface area contributed by atoms with Crippen molar-refractivity contribution in [1.29, 1.82) is 0 Å². The van der Waals surface area contributed by atoms with Crippen LogP contribution in [-0.4, -0.2) is 63.6 Å². The fourth-order valence-electron chi connectivity index (χ4n) is 3.18. The van der Waals surface area contributed by atoms with Gasteiger partial charge in [0.2, 0.25) is 5.91 Å². The molecule has 0 radical (unpaired) electrons. The van der Waals surface area contributed by atoms with Gasteiger partial charge in [-0.15, -0.1) is 0 Å². The summed E-state index contributed by atoms with van der Waals surface area (Å²) in [5, 5.41) is 6.81. The number of nitrogens with one attached hydrogen (secondary N) is 2. The fourth-order valence-corrected chi connectivity index (χ4v) is 3.18. The lowest BCUT2D eigenvalue weighted by atomic mass is 10.1. The van der Waals surface area contributed by atoms with Crippen LogP contribution in [0.15, 0.2) is 29.3 Å². The Morgan fingerprint density at radius 2 is 2.04 bits per heavy atom. The van der Waals surface area contributed by atoms with Crippen molar-refractivity contribution < 1.29 is 4.79 Å². The van der Waals surface area contributed by atoms with Crippen LogP contribution >= 0.6 is 0 Å². The Labute approximate surface area is 157 Å². The average Bonchev–Trinajstić information content (AvgIpc) is 3.12. The molecule has 6 nitrogen and oxygen atoms in total. The van der Waals surface area contributed by atoms with Crippen molar-refractivity contribution in [3.63, 3.8) is 0 Å². The third-order valence-electron chi connectivity index (χ3n) is 4.80. The number of hydrogen-bond donors (Lipinski definition) is 2. The number of aliphatic imine (C=N–C) groups is 1. The molecule has 1 aromatic carbocycles. The number of nitrogens with zero attached hydrogens (tertiary/aromatic N) is 3. The van der Waals surface area contributed by atoms with Crippen LogP contribution in [0.25, 0.3) is 0 Å². The van der Waals surface area contributed by atoms with Crippen LogP contribution in [0.1, 0.15) is 31.7 Å². The molecular weight excluding hydrogens is 326 g/mol. The first kappa shape index (κ1) is 20.1. The molecule has 1 fully saturated rings. The van der Waals surface area contributed by atoms with E-state index in [9.17, 15) is 4.79 Å². The molecule has 1 unspecified atom stereocenters. The van der Waals surface area contributed by atoms with Gasteiger partial charge in [0, 0.05) is 58.9 Å². The predicted molar refractivity (Wildman–Crippen MR) is 109 cm³/mol. The van der Waals surface area contributed by atoms with Crippen LogP contribution in [0, 0.1) is 0 Å². The lowest BCUT2D eigenvalue weighted by Crippen LogP contribution is -2.45. The van der Waals surface area contributed by atoms with Crippen molar-refractivity contribution in [2.24, 2.45) is 4.99 Å². The van der Waals surface area contributed by atoms with Crippen molar-refractivity contribution in [1.82, 2.24) is 15.5 Å². The van der Waals surface area contributed by atoms with Crippen LogP contribution in [0.3, 0.4) is 0 Å². The summed E-state index contributed by atoms with van der Waals surface area (Å²) in [6.07, 6.45) is 3.65. The molecule has 0 aromatic heterocycles. The maximum Gasteiger partial charge on any atom is 0.222 e. The van der Waals surface area contributed by atoms with Crippen LogP contribution in [0.4, 0.5) is 5.69 Å². The quantitative estimate of drug-likeness (QED) is 0.443. The van der Waals surface area contributed by atoms with Crippen LogP contribution in [-0.2, 0) is 11.2 Å². The second kappa shape index (κ2) is 10.0. The molecule has 6 heteroatoms. The highest BCUT2D eigenvalue weighted by Crippen LogP contribution is 2.13. The Morgan fingerprint density at radius 3 is 2.65 bits per heavy atom. The molecule has 144 valence electrons. The van der Waals surface area contributed by atoms with E-state index in [0.29, 0.717) is 6.42 Å². The number of anilines is 1. The van der Waals surface area contributed by atoms with Gasteiger partial charge in [0.15, 0.2) is 5.96 Å². The maximum absolute atomic E-state index is 11.8. The molecule has 2 N–H and O–H groups in total. The van der Waals surface area contributed by atoms with Crippen LogP contribution in [0.5, 0.6) is 0 Å². The summed E-state index contributed by atoms with van der Waals surface area (Å²) in [6, 6.07) is 9.00. The summed E-state index contributed by atoms with van der Waals surface area (Å²) in [7, 11) is 5.90. The summed E-state index contributed by atoms with van der Waals surface area (Å²) < 4.78 is 0. The molecule has 0 spiro atoms. The van der Waals surface area contributed by atoms with Gasteiger partial charge < -0.3 is 20.4 Å². The molecule has 2 rings (SSSR count). The topological polar surface area (TPSA) is 60.0 Å². The Hall–Kier alpha value is -2.24. The van der Waals surface area contributed by atoms with Gasteiger partial charge in [-0.2, -0.15) is 0 Å². The van der Waals surface area contributed by atoms with E-state index < -0.39 is 0 Å². The van der Waals surface area contributed by atoms with Gasteiger partial charge in [-0.05, 0) is 37.0 Å².